The molecule has 1 atom stereocenters. The second-order valence-corrected chi connectivity index (χ2v) is 3.14. The van der Waals surface area contributed by atoms with Crippen LogP contribution in [-0.4, -0.2) is 35.0 Å². The molecule has 0 radical (unpaired) electrons. The molecule has 1 saturated heterocycles. The van der Waals surface area contributed by atoms with Crippen molar-refractivity contribution in [1.29, 1.82) is 0 Å². The maximum Gasteiger partial charge on any atom is 0.308 e. The predicted molar refractivity (Wildman–Crippen MR) is 54.0 cm³/mol. The van der Waals surface area contributed by atoms with Gasteiger partial charge in [-0.25, -0.2) is 0 Å². The van der Waals surface area contributed by atoms with E-state index in [1.807, 2.05) is 13.8 Å². The first-order valence-electron chi connectivity index (χ1n) is 5.09. The van der Waals surface area contributed by atoms with Gasteiger partial charge >= 0.3 is 5.97 Å². The second-order valence-electron chi connectivity index (χ2n) is 3.14. The first-order valence-corrected chi connectivity index (χ1v) is 5.09. The average Bonchev–Trinajstić information content (AvgIpc) is 2.21. The molecule has 82 valence electrons. The van der Waals surface area contributed by atoms with Crippen molar-refractivity contribution < 1.29 is 14.7 Å². The average molecular weight is 201 g/mol. The van der Waals surface area contributed by atoms with Crippen molar-refractivity contribution in [3.63, 3.8) is 0 Å². The van der Waals surface area contributed by atoms with Crippen LogP contribution in [0.3, 0.4) is 0 Å². The molecule has 1 heterocycles. The summed E-state index contributed by atoms with van der Waals surface area (Å²) in [7, 11) is 0. The summed E-state index contributed by atoms with van der Waals surface area (Å²) in [4.78, 5) is 23.1. The number of piperidine rings is 1. The van der Waals surface area contributed by atoms with Gasteiger partial charge in [-0.15, -0.1) is 0 Å². The highest BCUT2D eigenvalue weighted by atomic mass is 16.4. The van der Waals surface area contributed by atoms with E-state index in [2.05, 4.69) is 0 Å². The van der Waals surface area contributed by atoms with Crippen LogP contribution in [0.1, 0.15) is 33.6 Å². The highest BCUT2D eigenvalue weighted by Gasteiger charge is 2.26. The van der Waals surface area contributed by atoms with Crippen molar-refractivity contribution in [2.45, 2.75) is 33.6 Å². The van der Waals surface area contributed by atoms with Crippen molar-refractivity contribution in [2.24, 2.45) is 5.92 Å². The lowest BCUT2D eigenvalue weighted by Gasteiger charge is -2.29. The summed E-state index contributed by atoms with van der Waals surface area (Å²) in [5.74, 6) is -1.18. The van der Waals surface area contributed by atoms with E-state index in [1.54, 1.807) is 4.90 Å². The second kappa shape index (κ2) is 6.40. The minimum atomic E-state index is -0.791. The summed E-state index contributed by atoms with van der Waals surface area (Å²) in [6.45, 7) is 6.56. The van der Waals surface area contributed by atoms with E-state index in [0.29, 0.717) is 19.5 Å². The maximum absolute atomic E-state index is 10.9. The Hall–Kier alpha value is -1.06. The molecular weight excluding hydrogens is 182 g/mol. The highest BCUT2D eigenvalue weighted by molar-refractivity contribution is 5.75. The summed E-state index contributed by atoms with van der Waals surface area (Å²) in [5, 5.41) is 8.70. The lowest BCUT2D eigenvalue weighted by Crippen LogP contribution is -2.41. The number of aliphatic carboxylic acids is 1. The number of hydrogen-bond donors (Lipinski definition) is 1. The number of likely N-dealkylation sites (tertiary alicyclic amines) is 1. The van der Waals surface area contributed by atoms with Crippen LogP contribution in [0.5, 0.6) is 0 Å². The Kier molecular flexibility index (Phi) is 5.92. The molecule has 1 fully saturated rings. The molecule has 1 aliphatic rings. The zero-order valence-corrected chi connectivity index (χ0v) is 9.12. The topological polar surface area (TPSA) is 57.6 Å². The SMILES string of the molecule is CC.CC(=O)N1CCCC(C(=O)O)C1. The Morgan fingerprint density at radius 1 is 1.36 bits per heavy atom. The summed E-state index contributed by atoms with van der Waals surface area (Å²) < 4.78 is 0. The predicted octanol–water partition coefficient (Wildman–Crippen LogP) is 1.36. The van der Waals surface area contributed by atoms with Crippen molar-refractivity contribution >= 4 is 11.9 Å². The molecule has 0 aliphatic carbocycles. The van der Waals surface area contributed by atoms with Crippen LogP contribution in [0, 0.1) is 5.92 Å². The lowest BCUT2D eigenvalue weighted by molar-refractivity contribution is -0.145. The molecule has 0 spiro atoms. The van der Waals surface area contributed by atoms with Crippen LogP contribution in [0.25, 0.3) is 0 Å². The van der Waals surface area contributed by atoms with Crippen LogP contribution in [0.4, 0.5) is 0 Å². The lowest BCUT2D eigenvalue weighted by atomic mass is 9.98. The normalized spacial score (nSPS) is 20.8. The number of nitrogens with zero attached hydrogens (tertiary/aromatic N) is 1. The van der Waals surface area contributed by atoms with Crippen molar-refractivity contribution in [3.8, 4) is 0 Å². The van der Waals surface area contributed by atoms with E-state index in [4.69, 9.17) is 5.11 Å². The van der Waals surface area contributed by atoms with Gasteiger partial charge in [-0.05, 0) is 12.8 Å². The van der Waals surface area contributed by atoms with Crippen LogP contribution in [-0.2, 0) is 9.59 Å². The molecule has 1 N–H and O–H groups in total. The zero-order valence-electron chi connectivity index (χ0n) is 9.12. The van der Waals surface area contributed by atoms with E-state index >= 15 is 0 Å². The molecule has 4 nitrogen and oxygen atoms in total. The monoisotopic (exact) mass is 201 g/mol. The number of amides is 1. The van der Waals surface area contributed by atoms with Crippen LogP contribution < -0.4 is 0 Å². The molecule has 4 heteroatoms. The minimum Gasteiger partial charge on any atom is -0.481 e. The Bertz CT molecular complexity index is 184. The largest absolute Gasteiger partial charge is 0.481 e. The Morgan fingerprint density at radius 2 is 1.93 bits per heavy atom. The van der Waals surface area contributed by atoms with E-state index in [0.717, 1.165) is 6.42 Å². The standard InChI is InChI=1S/C8H13NO3.C2H6/c1-6(10)9-4-2-3-7(5-9)8(11)12;1-2/h7H,2-5H2,1H3,(H,11,12);1-2H3. The minimum absolute atomic E-state index is 0.0269. The maximum atomic E-state index is 10.9. The van der Waals surface area contributed by atoms with Crippen LogP contribution in [0.15, 0.2) is 0 Å². The highest BCUT2D eigenvalue weighted by Crippen LogP contribution is 2.16. The van der Waals surface area contributed by atoms with Gasteiger partial charge in [-0.3, -0.25) is 9.59 Å². The molecule has 0 saturated carbocycles. The van der Waals surface area contributed by atoms with Gasteiger partial charge in [-0.2, -0.15) is 0 Å². The number of carbonyl (C=O) groups excluding carboxylic acids is 1. The molecule has 0 aromatic rings. The summed E-state index contributed by atoms with van der Waals surface area (Å²) >= 11 is 0. The third-order valence-electron chi connectivity index (χ3n) is 2.22. The number of hydrogen-bond acceptors (Lipinski definition) is 2. The molecule has 1 amide bonds. The summed E-state index contributed by atoms with van der Waals surface area (Å²) in [6, 6.07) is 0. The van der Waals surface area contributed by atoms with Crippen LogP contribution >= 0.6 is 0 Å². The quantitative estimate of drug-likeness (QED) is 0.696. The molecule has 1 unspecified atom stereocenters. The van der Waals surface area contributed by atoms with Crippen molar-refractivity contribution in [1.82, 2.24) is 4.90 Å². The van der Waals surface area contributed by atoms with Gasteiger partial charge in [0.05, 0.1) is 5.92 Å². The molecular formula is C10H19NO3. The molecule has 0 aromatic carbocycles. The fourth-order valence-electron chi connectivity index (χ4n) is 1.46. The van der Waals surface area contributed by atoms with Gasteiger partial charge < -0.3 is 10.0 Å². The van der Waals surface area contributed by atoms with Gasteiger partial charge in [0.25, 0.3) is 0 Å². The fraction of sp³-hybridized carbons (Fsp3) is 0.800. The summed E-state index contributed by atoms with van der Waals surface area (Å²) in [6.07, 6.45) is 1.50. The van der Waals surface area contributed by atoms with Crippen LogP contribution in [0.2, 0.25) is 0 Å². The van der Waals surface area contributed by atoms with Crippen molar-refractivity contribution in [2.75, 3.05) is 13.1 Å². The number of rotatable bonds is 1. The number of carboxylic acids is 1. The molecule has 0 bridgehead atoms. The van der Waals surface area contributed by atoms with E-state index in [9.17, 15) is 9.59 Å². The molecule has 0 aromatic heterocycles. The van der Waals surface area contributed by atoms with E-state index in [-0.39, 0.29) is 11.8 Å². The fourth-order valence-corrected chi connectivity index (χ4v) is 1.46. The molecule has 14 heavy (non-hydrogen) atoms. The van der Waals surface area contributed by atoms with E-state index < -0.39 is 5.97 Å². The van der Waals surface area contributed by atoms with Gasteiger partial charge in [-0.1, -0.05) is 13.8 Å². The number of carboxylic acid groups (broad SMARTS) is 1. The third kappa shape index (κ3) is 3.77. The first kappa shape index (κ1) is 12.9. The molecule has 1 rings (SSSR count). The first-order chi connectivity index (χ1) is 6.61. The summed E-state index contributed by atoms with van der Waals surface area (Å²) in [5.41, 5.74) is 0. The van der Waals surface area contributed by atoms with Crippen molar-refractivity contribution in [3.05, 3.63) is 0 Å². The van der Waals surface area contributed by atoms with Gasteiger partial charge in [0.1, 0.15) is 0 Å². The molecule has 1 aliphatic heterocycles. The van der Waals surface area contributed by atoms with E-state index in [1.165, 1.54) is 6.92 Å². The number of carbonyl (C=O) groups is 2. The Labute approximate surface area is 84.9 Å². The smallest absolute Gasteiger partial charge is 0.308 e. The third-order valence-corrected chi connectivity index (χ3v) is 2.22. The van der Waals surface area contributed by atoms with Gasteiger partial charge in [0, 0.05) is 20.0 Å². The Morgan fingerprint density at radius 3 is 2.36 bits per heavy atom. The Balaban J connectivity index is 0.000000791. The van der Waals surface area contributed by atoms with Gasteiger partial charge in [0.2, 0.25) is 5.91 Å². The van der Waals surface area contributed by atoms with Gasteiger partial charge in [0.15, 0.2) is 0 Å². The zero-order chi connectivity index (χ0) is 11.1.